The van der Waals surface area contributed by atoms with Crippen LogP contribution in [0.4, 0.5) is 5.69 Å². The van der Waals surface area contributed by atoms with Gasteiger partial charge in [-0.15, -0.1) is 6.58 Å². The van der Waals surface area contributed by atoms with Gasteiger partial charge in [0.1, 0.15) is 0 Å². The summed E-state index contributed by atoms with van der Waals surface area (Å²) in [6, 6.07) is 33.4. The second-order valence-electron chi connectivity index (χ2n) is 10.5. The molecule has 0 aliphatic carbocycles. The van der Waals surface area contributed by atoms with E-state index in [0.717, 1.165) is 16.7 Å². The third kappa shape index (κ3) is 6.98. The van der Waals surface area contributed by atoms with E-state index < -0.39 is 16.3 Å². The minimum absolute atomic E-state index is 0.0414. The molecule has 4 unspecified atom stereocenters. The Morgan fingerprint density at radius 2 is 1.52 bits per heavy atom. The van der Waals surface area contributed by atoms with Crippen molar-refractivity contribution >= 4 is 15.7 Å². The maximum absolute atomic E-state index is 13.0. The molecule has 0 aromatic heterocycles. The van der Waals surface area contributed by atoms with Gasteiger partial charge in [0.05, 0.1) is 23.7 Å². The second kappa shape index (κ2) is 13.5. The van der Waals surface area contributed by atoms with E-state index in [9.17, 15) is 13.5 Å². The Labute approximate surface area is 248 Å². The predicted molar refractivity (Wildman–Crippen MR) is 164 cm³/mol. The Bertz CT molecular complexity index is 1560. The van der Waals surface area contributed by atoms with Gasteiger partial charge in [0, 0.05) is 30.3 Å². The summed E-state index contributed by atoms with van der Waals surface area (Å²) in [6.07, 6.45) is 0.478. The van der Waals surface area contributed by atoms with Gasteiger partial charge in [-0.25, -0.2) is 8.42 Å². The third-order valence-corrected chi connectivity index (χ3v) is 8.76. The van der Waals surface area contributed by atoms with E-state index in [-0.39, 0.29) is 29.6 Å². The molecule has 1 aliphatic rings. The summed E-state index contributed by atoms with van der Waals surface area (Å²) in [5, 5.41) is 9.62. The van der Waals surface area contributed by atoms with Crippen LogP contribution in [0.3, 0.4) is 0 Å². The topological polar surface area (TPSA) is 88.1 Å². The first-order valence-corrected chi connectivity index (χ1v) is 15.4. The van der Waals surface area contributed by atoms with Gasteiger partial charge >= 0.3 is 0 Å². The van der Waals surface area contributed by atoms with Gasteiger partial charge < -0.3 is 19.5 Å². The van der Waals surface area contributed by atoms with Gasteiger partial charge in [0.15, 0.2) is 6.29 Å². The molecule has 1 aliphatic heterocycles. The molecule has 1 fully saturated rings. The van der Waals surface area contributed by atoms with Crippen molar-refractivity contribution < 1.29 is 23.0 Å². The highest BCUT2D eigenvalue weighted by Gasteiger charge is 2.42. The van der Waals surface area contributed by atoms with Crippen molar-refractivity contribution in [2.75, 3.05) is 24.9 Å². The van der Waals surface area contributed by atoms with E-state index in [4.69, 9.17) is 9.47 Å². The zero-order chi connectivity index (χ0) is 29.5. The summed E-state index contributed by atoms with van der Waals surface area (Å²) < 4.78 is 42.1. The van der Waals surface area contributed by atoms with Crippen LogP contribution in [0.1, 0.15) is 40.6 Å². The number of nitrogens with one attached hydrogen (secondary N) is 1. The number of aliphatic hydroxyl groups excluding tert-OH is 1. The highest BCUT2D eigenvalue weighted by atomic mass is 32.2. The van der Waals surface area contributed by atoms with Crippen LogP contribution in [0.15, 0.2) is 127 Å². The number of anilines is 1. The summed E-state index contributed by atoms with van der Waals surface area (Å²) in [5.41, 5.74) is 3.99. The monoisotopic (exact) mass is 584 g/mol. The lowest BCUT2D eigenvalue weighted by molar-refractivity contribution is -0.263. The number of likely N-dealkylation sites (N-methyl/N-ethyl adjacent to an activating group) is 1. The number of rotatable bonds is 11. The third-order valence-electron chi connectivity index (χ3n) is 7.37. The maximum Gasteiger partial charge on any atom is 0.261 e. The van der Waals surface area contributed by atoms with Crippen LogP contribution in [0.5, 0.6) is 0 Å². The first-order valence-electron chi connectivity index (χ1n) is 13.9. The Kier molecular flexibility index (Phi) is 9.51. The Morgan fingerprint density at radius 1 is 0.857 bits per heavy atom. The molecule has 8 heteroatoms. The van der Waals surface area contributed by atoms with Crippen LogP contribution in [0.2, 0.25) is 0 Å². The van der Waals surface area contributed by atoms with Gasteiger partial charge in [0.2, 0.25) is 0 Å². The van der Waals surface area contributed by atoms with Gasteiger partial charge in [0.25, 0.3) is 10.0 Å². The number of sulfonamides is 1. The molecule has 0 amide bonds. The molecule has 0 spiro atoms. The van der Waals surface area contributed by atoms with E-state index in [1.54, 1.807) is 48.5 Å². The molecule has 5 rings (SSSR count). The van der Waals surface area contributed by atoms with Gasteiger partial charge in [-0.1, -0.05) is 91.0 Å². The van der Waals surface area contributed by atoms with Crippen molar-refractivity contribution in [3.63, 3.8) is 0 Å². The summed E-state index contributed by atoms with van der Waals surface area (Å²) in [5.74, 6) is -0.130. The molecule has 4 aromatic carbocycles. The smallest absolute Gasteiger partial charge is 0.261 e. The molecule has 0 radical (unpaired) electrons. The summed E-state index contributed by atoms with van der Waals surface area (Å²) in [4.78, 5) is 2.34. The maximum atomic E-state index is 13.0. The van der Waals surface area contributed by atoms with E-state index in [1.165, 1.54) is 0 Å². The minimum Gasteiger partial charge on any atom is -0.392 e. The molecule has 218 valence electrons. The lowest BCUT2D eigenvalue weighted by Gasteiger charge is -2.44. The highest BCUT2D eigenvalue weighted by Crippen LogP contribution is 2.47. The van der Waals surface area contributed by atoms with Crippen molar-refractivity contribution in [1.29, 1.82) is 0 Å². The van der Waals surface area contributed by atoms with Crippen molar-refractivity contribution in [2.24, 2.45) is 0 Å². The first-order chi connectivity index (χ1) is 20.4. The van der Waals surface area contributed by atoms with E-state index in [1.807, 2.05) is 61.7 Å². The first kappa shape index (κ1) is 29.7. The average Bonchev–Trinajstić information content (AvgIpc) is 3.01. The second-order valence-corrected chi connectivity index (χ2v) is 12.1. The standard InChI is InChI=1S/C34H36N2O5S/c1-3-21-36(2)23-31-32(26-11-6-4-7-12-26)33(27-19-17-25(24-37)18-20-27)41-34(40-31)28-13-10-14-29(22-28)35-42(38,39)30-15-8-5-9-16-30/h3-20,22,31-35,37H,1,21,23-24H2,2H3. The van der Waals surface area contributed by atoms with Gasteiger partial charge in [-0.2, -0.15) is 0 Å². The summed E-state index contributed by atoms with van der Waals surface area (Å²) >= 11 is 0. The fourth-order valence-corrected chi connectivity index (χ4v) is 6.40. The molecule has 42 heavy (non-hydrogen) atoms. The lowest BCUT2D eigenvalue weighted by Crippen LogP contribution is -2.43. The van der Waals surface area contributed by atoms with Crippen LogP contribution in [0, 0.1) is 0 Å². The van der Waals surface area contributed by atoms with Crippen LogP contribution in [-0.4, -0.2) is 44.7 Å². The predicted octanol–water partition coefficient (Wildman–Crippen LogP) is 6.04. The Morgan fingerprint density at radius 3 is 2.19 bits per heavy atom. The average molecular weight is 585 g/mol. The zero-order valence-electron chi connectivity index (χ0n) is 23.5. The van der Waals surface area contributed by atoms with Crippen molar-refractivity contribution in [2.45, 2.75) is 35.9 Å². The molecule has 4 aromatic rings. The van der Waals surface area contributed by atoms with Crippen LogP contribution < -0.4 is 4.72 Å². The van der Waals surface area contributed by atoms with Crippen molar-refractivity contribution in [3.05, 3.63) is 144 Å². The quantitative estimate of drug-likeness (QED) is 0.209. The summed E-state index contributed by atoms with van der Waals surface area (Å²) in [6.45, 7) is 5.16. The number of benzene rings is 4. The normalized spacial score (nSPS) is 20.7. The van der Waals surface area contributed by atoms with Crippen LogP contribution in [-0.2, 0) is 26.1 Å². The molecular formula is C34H36N2O5S. The number of hydrogen-bond donors (Lipinski definition) is 2. The summed E-state index contributed by atoms with van der Waals surface area (Å²) in [7, 11) is -1.74. The van der Waals surface area contributed by atoms with Crippen molar-refractivity contribution in [3.8, 4) is 0 Å². The van der Waals surface area contributed by atoms with E-state index >= 15 is 0 Å². The Balaban J connectivity index is 1.51. The zero-order valence-corrected chi connectivity index (χ0v) is 24.4. The largest absolute Gasteiger partial charge is 0.392 e. The SMILES string of the molecule is C=CCN(C)CC1OC(c2cccc(NS(=O)(=O)c3ccccc3)c2)OC(c2ccc(CO)cc2)C1c1ccccc1. The number of ether oxygens (including phenoxy) is 2. The van der Waals surface area contributed by atoms with Crippen molar-refractivity contribution in [1.82, 2.24) is 4.90 Å². The molecule has 7 nitrogen and oxygen atoms in total. The highest BCUT2D eigenvalue weighted by molar-refractivity contribution is 7.92. The number of hydrogen-bond acceptors (Lipinski definition) is 6. The van der Waals surface area contributed by atoms with Gasteiger partial charge in [-0.05, 0) is 48.0 Å². The van der Waals surface area contributed by atoms with E-state index in [2.05, 4.69) is 28.3 Å². The molecule has 1 saturated heterocycles. The number of nitrogens with zero attached hydrogens (tertiary/aromatic N) is 1. The van der Waals surface area contributed by atoms with Gasteiger partial charge in [-0.3, -0.25) is 4.72 Å². The lowest BCUT2D eigenvalue weighted by atomic mass is 9.83. The molecule has 2 N–H and O–H groups in total. The van der Waals surface area contributed by atoms with Crippen LogP contribution in [0.25, 0.3) is 0 Å². The Hall–Kier alpha value is -3.79. The fourth-order valence-electron chi connectivity index (χ4n) is 5.33. The minimum atomic E-state index is -3.77. The molecule has 0 bridgehead atoms. The molecular weight excluding hydrogens is 548 g/mol. The molecule has 1 heterocycles. The fraction of sp³-hybridized carbons (Fsp3) is 0.235. The van der Waals surface area contributed by atoms with Crippen LogP contribution >= 0.6 is 0 Å². The molecule has 0 saturated carbocycles. The molecule has 4 atom stereocenters. The number of aliphatic hydroxyl groups is 1. The van der Waals surface area contributed by atoms with E-state index in [0.29, 0.717) is 24.3 Å².